The molecule has 0 aromatic carbocycles. The van der Waals surface area contributed by atoms with Crippen molar-refractivity contribution in [3.8, 4) is 0 Å². The highest BCUT2D eigenvalue weighted by Gasteiger charge is 2.14. The number of rotatable bonds is 14. The highest BCUT2D eigenvalue weighted by molar-refractivity contribution is 8.00. The topological polar surface area (TPSA) is 99.4 Å². The molecule has 2 aromatic rings. The lowest BCUT2D eigenvalue weighted by Crippen LogP contribution is -2.34. The minimum absolute atomic E-state index is 0.00681. The van der Waals surface area contributed by atoms with Crippen molar-refractivity contribution >= 4 is 40.7 Å². The minimum atomic E-state index is -0.235. The Morgan fingerprint density at radius 1 is 1.09 bits per heavy atom. The molecule has 2 rings (SSSR count). The highest BCUT2D eigenvalue weighted by atomic mass is 32.2. The molecule has 0 aliphatic heterocycles. The number of amides is 1. The van der Waals surface area contributed by atoms with Crippen molar-refractivity contribution in [2.45, 2.75) is 32.4 Å². The number of thioether (sulfide) groups is 1. The molecule has 1 amide bonds. The van der Waals surface area contributed by atoms with Gasteiger partial charge in [0, 0.05) is 19.6 Å². The molecule has 0 bridgehead atoms. The Labute approximate surface area is 202 Å². The fraction of sp³-hybridized carbons (Fsp3) is 0.458. The maximum atomic E-state index is 12.0. The predicted molar refractivity (Wildman–Crippen MR) is 141 cm³/mol. The zero-order valence-corrected chi connectivity index (χ0v) is 20.9. The molecule has 0 spiro atoms. The summed E-state index contributed by atoms with van der Waals surface area (Å²) in [5.74, 6) is 1.64. The molecule has 0 radical (unpaired) electrons. The van der Waals surface area contributed by atoms with Crippen molar-refractivity contribution in [3.05, 3.63) is 48.9 Å². The van der Waals surface area contributed by atoms with Gasteiger partial charge in [0.25, 0.3) is 0 Å². The van der Waals surface area contributed by atoms with E-state index in [-0.39, 0.29) is 11.2 Å². The number of pyridine rings is 2. The standard InChI is InChI=1S/C24H37N7OS/c1-5-14-30(7-3)15-16-31(22-10-8-19(25)17-28-22)23-11-9-20(18-29-23)27-13-12-21(33-4)24(32)26-6-2/h8-13,17-18,21,27H,5-7,14-16,25H2,1-4H3,(H,26,32). The van der Waals surface area contributed by atoms with Crippen LogP contribution in [0.4, 0.5) is 23.0 Å². The SMILES string of the molecule is CCCN(CC)CCN(c1ccc(N)cn1)c1ccc(NC=CC(SC)C(=O)NCC)cn1. The number of likely N-dealkylation sites (N-methyl/N-ethyl adjacent to an activating group) is 1. The van der Waals surface area contributed by atoms with E-state index in [9.17, 15) is 4.79 Å². The van der Waals surface area contributed by atoms with Crippen molar-refractivity contribution in [2.24, 2.45) is 0 Å². The summed E-state index contributed by atoms with van der Waals surface area (Å²) in [6.07, 6.45) is 10.1. The van der Waals surface area contributed by atoms with Gasteiger partial charge in [0.1, 0.15) is 16.9 Å². The summed E-state index contributed by atoms with van der Waals surface area (Å²) in [5, 5.41) is 5.81. The molecule has 0 saturated heterocycles. The Morgan fingerprint density at radius 3 is 2.36 bits per heavy atom. The van der Waals surface area contributed by atoms with E-state index in [1.807, 2.05) is 43.5 Å². The fourth-order valence-electron chi connectivity index (χ4n) is 3.30. The third-order valence-electron chi connectivity index (χ3n) is 5.08. The van der Waals surface area contributed by atoms with Crippen LogP contribution in [-0.2, 0) is 4.79 Å². The van der Waals surface area contributed by atoms with Crippen molar-refractivity contribution < 1.29 is 4.79 Å². The summed E-state index contributed by atoms with van der Waals surface area (Å²) >= 11 is 1.49. The number of aromatic nitrogens is 2. The molecular formula is C24H37N7OS. The highest BCUT2D eigenvalue weighted by Crippen LogP contribution is 2.23. The number of nitrogen functional groups attached to an aromatic ring is 1. The van der Waals surface area contributed by atoms with E-state index in [0.29, 0.717) is 12.2 Å². The van der Waals surface area contributed by atoms with Gasteiger partial charge in [-0.05, 0) is 69.2 Å². The van der Waals surface area contributed by atoms with E-state index in [1.165, 1.54) is 11.8 Å². The zero-order valence-electron chi connectivity index (χ0n) is 20.1. The molecule has 33 heavy (non-hydrogen) atoms. The first-order valence-electron chi connectivity index (χ1n) is 11.4. The summed E-state index contributed by atoms with van der Waals surface area (Å²) in [6, 6.07) is 7.73. The van der Waals surface area contributed by atoms with Gasteiger partial charge in [-0.15, -0.1) is 11.8 Å². The maximum Gasteiger partial charge on any atom is 0.237 e. The molecule has 1 unspecified atom stereocenters. The van der Waals surface area contributed by atoms with E-state index in [0.717, 1.165) is 49.9 Å². The Kier molecular flexibility index (Phi) is 11.5. The Morgan fingerprint density at radius 2 is 1.82 bits per heavy atom. The van der Waals surface area contributed by atoms with Gasteiger partial charge in [0.05, 0.1) is 23.8 Å². The van der Waals surface area contributed by atoms with Crippen LogP contribution in [0.1, 0.15) is 27.2 Å². The molecule has 8 nitrogen and oxygen atoms in total. The number of carbonyl (C=O) groups is 1. The van der Waals surface area contributed by atoms with Crippen molar-refractivity contribution in [1.29, 1.82) is 0 Å². The van der Waals surface area contributed by atoms with Crippen LogP contribution in [0.5, 0.6) is 0 Å². The van der Waals surface area contributed by atoms with Gasteiger partial charge < -0.3 is 26.2 Å². The van der Waals surface area contributed by atoms with Crippen LogP contribution in [-0.4, -0.2) is 65.0 Å². The summed E-state index contributed by atoms with van der Waals surface area (Å²) in [4.78, 5) is 25.7. The van der Waals surface area contributed by atoms with Crippen LogP contribution in [0.2, 0.25) is 0 Å². The Hall–Kier alpha value is -2.78. The third-order valence-corrected chi connectivity index (χ3v) is 5.96. The van der Waals surface area contributed by atoms with Gasteiger partial charge in [-0.2, -0.15) is 0 Å². The Bertz CT molecular complexity index is 858. The first-order chi connectivity index (χ1) is 16.0. The molecule has 1 atom stereocenters. The predicted octanol–water partition coefficient (Wildman–Crippen LogP) is 3.72. The van der Waals surface area contributed by atoms with E-state index < -0.39 is 0 Å². The average Bonchev–Trinajstić information content (AvgIpc) is 2.83. The number of nitrogens with two attached hydrogens (primary N) is 1. The number of nitrogens with one attached hydrogen (secondary N) is 2. The smallest absolute Gasteiger partial charge is 0.237 e. The van der Waals surface area contributed by atoms with E-state index in [1.54, 1.807) is 18.6 Å². The second kappa shape index (κ2) is 14.4. The van der Waals surface area contributed by atoms with Gasteiger partial charge in [0.15, 0.2) is 0 Å². The fourth-order valence-corrected chi connectivity index (χ4v) is 3.83. The maximum absolute atomic E-state index is 12.0. The van der Waals surface area contributed by atoms with Crippen LogP contribution in [0.15, 0.2) is 48.9 Å². The Balaban J connectivity index is 2.12. The van der Waals surface area contributed by atoms with Crippen LogP contribution in [0, 0.1) is 0 Å². The number of anilines is 4. The van der Waals surface area contributed by atoms with Gasteiger partial charge in [-0.3, -0.25) is 4.79 Å². The van der Waals surface area contributed by atoms with Gasteiger partial charge in [-0.25, -0.2) is 9.97 Å². The summed E-state index contributed by atoms with van der Waals surface area (Å²) in [7, 11) is 0. The number of hydrogen-bond donors (Lipinski definition) is 3. The van der Waals surface area contributed by atoms with Crippen LogP contribution < -0.4 is 21.3 Å². The van der Waals surface area contributed by atoms with Crippen LogP contribution >= 0.6 is 11.8 Å². The molecule has 0 fully saturated rings. The molecule has 9 heteroatoms. The first kappa shape index (κ1) is 26.5. The lowest BCUT2D eigenvalue weighted by atomic mass is 10.3. The van der Waals surface area contributed by atoms with Gasteiger partial charge in [-0.1, -0.05) is 13.8 Å². The van der Waals surface area contributed by atoms with Gasteiger partial charge in [0.2, 0.25) is 5.91 Å². The zero-order chi connectivity index (χ0) is 24.1. The summed E-state index contributed by atoms with van der Waals surface area (Å²) in [6.45, 7) is 10.7. The van der Waals surface area contributed by atoms with Crippen LogP contribution in [0.3, 0.4) is 0 Å². The molecule has 0 saturated carbocycles. The largest absolute Gasteiger partial charge is 0.397 e. The molecular weight excluding hydrogens is 434 g/mol. The second-order valence-corrected chi connectivity index (χ2v) is 8.47. The molecule has 180 valence electrons. The monoisotopic (exact) mass is 471 g/mol. The normalized spacial score (nSPS) is 12.2. The molecule has 0 aliphatic carbocycles. The summed E-state index contributed by atoms with van der Waals surface area (Å²) < 4.78 is 0. The van der Waals surface area contributed by atoms with Crippen LogP contribution in [0.25, 0.3) is 0 Å². The van der Waals surface area contributed by atoms with E-state index >= 15 is 0 Å². The lowest BCUT2D eigenvalue weighted by Gasteiger charge is -2.27. The van der Waals surface area contributed by atoms with E-state index in [2.05, 4.69) is 44.2 Å². The second-order valence-electron chi connectivity index (χ2n) is 7.50. The molecule has 4 N–H and O–H groups in total. The van der Waals surface area contributed by atoms with E-state index in [4.69, 9.17) is 5.73 Å². The number of nitrogens with zero attached hydrogens (tertiary/aromatic N) is 4. The average molecular weight is 472 g/mol. The third kappa shape index (κ3) is 8.58. The number of carbonyl (C=O) groups excluding carboxylic acids is 1. The first-order valence-corrected chi connectivity index (χ1v) is 12.7. The van der Waals surface area contributed by atoms with Crippen molar-refractivity contribution in [3.63, 3.8) is 0 Å². The lowest BCUT2D eigenvalue weighted by molar-refractivity contribution is -0.119. The van der Waals surface area contributed by atoms with Gasteiger partial charge >= 0.3 is 0 Å². The minimum Gasteiger partial charge on any atom is -0.397 e. The number of hydrogen-bond acceptors (Lipinski definition) is 8. The van der Waals surface area contributed by atoms with Crippen molar-refractivity contribution in [2.75, 3.05) is 54.9 Å². The molecule has 2 heterocycles. The van der Waals surface area contributed by atoms with Crippen molar-refractivity contribution in [1.82, 2.24) is 20.2 Å². The molecule has 2 aromatic heterocycles. The quantitative estimate of drug-likeness (QED) is 0.383. The molecule has 0 aliphatic rings. The summed E-state index contributed by atoms with van der Waals surface area (Å²) in [5.41, 5.74) is 7.31.